The van der Waals surface area contributed by atoms with Gasteiger partial charge < -0.3 is 15.3 Å². The molecule has 3 nitrogen and oxygen atoms in total. The summed E-state index contributed by atoms with van der Waals surface area (Å²) in [5.74, 6) is -11.9. The number of benzene rings is 6. The van der Waals surface area contributed by atoms with E-state index in [0.717, 1.165) is 23.3 Å². The van der Waals surface area contributed by atoms with Crippen LogP contribution in [0.1, 0.15) is 0 Å². The van der Waals surface area contributed by atoms with Crippen molar-refractivity contribution in [1.29, 1.82) is 0 Å². The second-order valence-electron chi connectivity index (χ2n) is 10.1. The van der Waals surface area contributed by atoms with Gasteiger partial charge in [0.1, 0.15) is 17.2 Å². The van der Waals surface area contributed by atoms with Gasteiger partial charge in [0.15, 0.2) is 23.3 Å². The van der Waals surface area contributed by atoms with Crippen LogP contribution in [0.4, 0.5) is 22.0 Å². The molecule has 8 heteroatoms. The summed E-state index contributed by atoms with van der Waals surface area (Å²) in [5, 5.41) is 33.4. The molecule has 6 aromatic rings. The summed E-state index contributed by atoms with van der Waals surface area (Å²) >= 11 is 0. The quantitative estimate of drug-likeness (QED) is 0.105. The van der Waals surface area contributed by atoms with Crippen molar-refractivity contribution in [2.75, 3.05) is 0 Å². The number of phenolic OH excluding ortho intramolecular Hbond substituents is 3. The van der Waals surface area contributed by atoms with Gasteiger partial charge in [-0.3, -0.25) is 0 Å². The summed E-state index contributed by atoms with van der Waals surface area (Å²) in [6, 6.07) is 29.1. The summed E-state index contributed by atoms with van der Waals surface area (Å²) in [7, 11) is 0. The molecular formula is C36H21F5O3. The topological polar surface area (TPSA) is 60.7 Å². The molecule has 0 aliphatic rings. The van der Waals surface area contributed by atoms with Gasteiger partial charge in [-0.2, -0.15) is 0 Å². The van der Waals surface area contributed by atoms with Gasteiger partial charge in [-0.1, -0.05) is 72.8 Å². The fourth-order valence-electron chi connectivity index (χ4n) is 5.17. The fourth-order valence-corrected chi connectivity index (χ4v) is 5.17. The van der Waals surface area contributed by atoms with Crippen LogP contribution in [0, 0.1) is 29.1 Å². The highest BCUT2D eigenvalue weighted by Crippen LogP contribution is 2.48. The second kappa shape index (κ2) is 11.2. The molecule has 3 N–H and O–H groups in total. The molecule has 218 valence electrons. The van der Waals surface area contributed by atoms with E-state index < -0.39 is 46.0 Å². The first kappa shape index (κ1) is 28.5. The molecule has 6 aromatic carbocycles. The highest BCUT2D eigenvalue weighted by atomic mass is 19.2. The number of hydrogen-bond acceptors (Lipinski definition) is 3. The van der Waals surface area contributed by atoms with Crippen molar-refractivity contribution in [3.63, 3.8) is 0 Å². The summed E-state index contributed by atoms with van der Waals surface area (Å²) in [6.45, 7) is 0. The average Bonchev–Trinajstić information content (AvgIpc) is 3.05. The largest absolute Gasteiger partial charge is 0.507 e. The lowest BCUT2D eigenvalue weighted by Crippen LogP contribution is -2.04. The van der Waals surface area contributed by atoms with Crippen LogP contribution in [-0.4, -0.2) is 15.3 Å². The van der Waals surface area contributed by atoms with Crippen molar-refractivity contribution in [3.05, 3.63) is 138 Å². The third-order valence-electron chi connectivity index (χ3n) is 7.40. The van der Waals surface area contributed by atoms with Gasteiger partial charge in [0.05, 0.1) is 5.56 Å². The van der Waals surface area contributed by atoms with Crippen molar-refractivity contribution < 1.29 is 37.3 Å². The van der Waals surface area contributed by atoms with Gasteiger partial charge in [-0.05, 0) is 64.2 Å². The predicted molar refractivity (Wildman–Crippen MR) is 158 cm³/mol. The van der Waals surface area contributed by atoms with Crippen LogP contribution in [0.2, 0.25) is 0 Å². The minimum Gasteiger partial charge on any atom is -0.507 e. The molecular weight excluding hydrogens is 575 g/mol. The average molecular weight is 597 g/mol. The van der Waals surface area contributed by atoms with Crippen LogP contribution < -0.4 is 0 Å². The maximum atomic E-state index is 15.1. The normalized spacial score (nSPS) is 11.1. The van der Waals surface area contributed by atoms with Gasteiger partial charge >= 0.3 is 0 Å². The first-order chi connectivity index (χ1) is 21.2. The van der Waals surface area contributed by atoms with Crippen LogP contribution in [0.15, 0.2) is 109 Å². The Morgan fingerprint density at radius 3 is 1.11 bits per heavy atom. The molecule has 0 bridgehead atoms. The third kappa shape index (κ3) is 4.90. The summed E-state index contributed by atoms with van der Waals surface area (Å²) < 4.78 is 72.8. The van der Waals surface area contributed by atoms with Crippen LogP contribution in [0.3, 0.4) is 0 Å². The van der Waals surface area contributed by atoms with Crippen LogP contribution >= 0.6 is 0 Å². The van der Waals surface area contributed by atoms with Gasteiger partial charge in [0.25, 0.3) is 0 Å². The minimum atomic E-state index is -2.32. The summed E-state index contributed by atoms with van der Waals surface area (Å²) in [5.41, 5.74) is 0.641. The first-order valence-corrected chi connectivity index (χ1v) is 13.3. The molecule has 0 saturated carbocycles. The highest BCUT2D eigenvalue weighted by molar-refractivity contribution is 5.93. The molecule has 0 spiro atoms. The zero-order valence-corrected chi connectivity index (χ0v) is 22.6. The Kier molecular flexibility index (Phi) is 7.27. The number of rotatable bonds is 5. The highest BCUT2D eigenvalue weighted by Gasteiger charge is 2.29. The van der Waals surface area contributed by atoms with E-state index in [1.807, 2.05) is 12.1 Å². The van der Waals surface area contributed by atoms with Gasteiger partial charge in [-0.15, -0.1) is 0 Å². The molecule has 0 amide bonds. The second-order valence-corrected chi connectivity index (χ2v) is 10.1. The lowest BCUT2D eigenvalue weighted by atomic mass is 9.89. The maximum absolute atomic E-state index is 15.1. The molecule has 0 radical (unpaired) electrons. The molecule has 0 aliphatic heterocycles. The molecule has 0 unspecified atom stereocenters. The lowest BCUT2D eigenvalue weighted by Gasteiger charge is -2.18. The molecule has 0 atom stereocenters. The monoisotopic (exact) mass is 596 g/mol. The van der Waals surface area contributed by atoms with Gasteiger partial charge in [-0.25, -0.2) is 22.0 Å². The SMILES string of the molecule is Oc1ccc(-c2ccccc2)cc1-c1cc(-c2c(F)c(F)c(F)c(F)c2F)cc(-c2cc(-c3ccccc3)ccc2O)c1O. The Bertz CT molecular complexity index is 1910. The van der Waals surface area contributed by atoms with E-state index in [1.54, 1.807) is 60.7 Å². The van der Waals surface area contributed by atoms with E-state index in [1.165, 1.54) is 24.3 Å². The Morgan fingerprint density at radius 2 is 0.705 bits per heavy atom. The van der Waals surface area contributed by atoms with E-state index in [2.05, 4.69) is 0 Å². The zero-order chi connectivity index (χ0) is 31.1. The first-order valence-electron chi connectivity index (χ1n) is 13.3. The summed E-state index contributed by atoms with van der Waals surface area (Å²) in [4.78, 5) is 0. The van der Waals surface area contributed by atoms with Crippen molar-refractivity contribution in [2.45, 2.75) is 0 Å². The number of phenols is 3. The minimum absolute atomic E-state index is 0.00882. The van der Waals surface area contributed by atoms with Crippen molar-refractivity contribution >= 4 is 0 Å². The number of halogens is 5. The van der Waals surface area contributed by atoms with Gasteiger partial charge in [0.2, 0.25) is 5.82 Å². The number of hydrogen-bond donors (Lipinski definition) is 3. The van der Waals surface area contributed by atoms with Crippen molar-refractivity contribution in [1.82, 2.24) is 0 Å². The van der Waals surface area contributed by atoms with E-state index >= 15 is 8.78 Å². The van der Waals surface area contributed by atoms with Crippen molar-refractivity contribution in [2.24, 2.45) is 0 Å². The van der Waals surface area contributed by atoms with Crippen LogP contribution in [0.25, 0.3) is 55.6 Å². The lowest BCUT2D eigenvalue weighted by molar-refractivity contribution is 0.381. The molecule has 0 aromatic heterocycles. The summed E-state index contributed by atoms with van der Waals surface area (Å²) in [6.07, 6.45) is 0. The van der Waals surface area contributed by atoms with E-state index in [4.69, 9.17) is 0 Å². The standard InChI is InChI=1S/C36H21F5O3/c37-31-30(32(38)34(40)35(41)33(31)39)23-17-26(24-15-21(11-13-28(24)42)19-7-3-1-4-8-19)36(44)27(18-23)25-16-22(12-14-29(25)43)20-9-5-2-6-10-20/h1-18,42-44H. The predicted octanol–water partition coefficient (Wildman–Crippen LogP) is 9.83. The third-order valence-corrected chi connectivity index (χ3v) is 7.40. The Morgan fingerprint density at radius 1 is 0.341 bits per heavy atom. The number of aromatic hydroxyl groups is 3. The molecule has 0 aliphatic carbocycles. The Balaban J connectivity index is 1.67. The molecule has 44 heavy (non-hydrogen) atoms. The van der Waals surface area contributed by atoms with E-state index in [-0.39, 0.29) is 33.8 Å². The molecule has 0 saturated heterocycles. The molecule has 6 rings (SSSR count). The van der Waals surface area contributed by atoms with Crippen LogP contribution in [0.5, 0.6) is 17.2 Å². The zero-order valence-electron chi connectivity index (χ0n) is 22.6. The Hall–Kier alpha value is -5.63. The van der Waals surface area contributed by atoms with E-state index in [9.17, 15) is 28.5 Å². The maximum Gasteiger partial charge on any atom is 0.200 e. The van der Waals surface area contributed by atoms with Gasteiger partial charge in [0, 0.05) is 22.3 Å². The van der Waals surface area contributed by atoms with Crippen LogP contribution in [-0.2, 0) is 0 Å². The van der Waals surface area contributed by atoms with E-state index in [0.29, 0.717) is 11.1 Å². The fraction of sp³-hybridized carbons (Fsp3) is 0. The molecule has 0 heterocycles. The molecule has 0 fully saturated rings. The van der Waals surface area contributed by atoms with Crippen molar-refractivity contribution in [3.8, 4) is 72.9 Å². The Labute approximate surface area is 248 Å². The smallest absolute Gasteiger partial charge is 0.200 e.